The van der Waals surface area contributed by atoms with Gasteiger partial charge < -0.3 is 9.13 Å². The molecule has 0 unspecified atom stereocenters. The van der Waals surface area contributed by atoms with Gasteiger partial charge in [0.05, 0.1) is 0 Å². The topological polar surface area (TPSA) is 6.48 Å². The van der Waals surface area contributed by atoms with Crippen molar-refractivity contribution in [1.82, 2.24) is 9.13 Å². The summed E-state index contributed by atoms with van der Waals surface area (Å²) < 4.78 is 4.61. The summed E-state index contributed by atoms with van der Waals surface area (Å²) in [5.74, 6) is 0. The minimum Gasteiger partial charge on any atom is -0.317 e. The number of allylic oxidation sites excluding steroid dienone is 1. The first-order chi connectivity index (χ1) is 4.59. The second-order valence-corrected chi connectivity index (χ2v) is 6.14. The standard InChI is InChI=1S/C7H18N2Si/c1-6-7-10(8(2)3)9(4)5/h6-7,10H,1-5H3. The molecule has 0 aliphatic rings. The molecular formula is C7H18N2Si. The van der Waals surface area contributed by atoms with Crippen molar-refractivity contribution in [3.8, 4) is 0 Å². The first-order valence-corrected chi connectivity index (χ1v) is 5.25. The van der Waals surface area contributed by atoms with Crippen LogP contribution in [0.3, 0.4) is 0 Å². The van der Waals surface area contributed by atoms with E-state index < -0.39 is 9.12 Å². The fourth-order valence-electron chi connectivity index (χ4n) is 0.978. The summed E-state index contributed by atoms with van der Waals surface area (Å²) in [4.78, 5) is 0. The van der Waals surface area contributed by atoms with Gasteiger partial charge in [-0.1, -0.05) is 11.8 Å². The minimum absolute atomic E-state index is 0.894. The zero-order valence-corrected chi connectivity index (χ0v) is 8.78. The molecular weight excluding hydrogens is 140 g/mol. The second-order valence-electron chi connectivity index (χ2n) is 2.87. The van der Waals surface area contributed by atoms with E-state index in [9.17, 15) is 0 Å². The van der Waals surface area contributed by atoms with Gasteiger partial charge in [0.1, 0.15) is 0 Å². The fraction of sp³-hybridized carbons (Fsp3) is 0.714. The summed E-state index contributed by atoms with van der Waals surface area (Å²) >= 11 is 0. The zero-order chi connectivity index (χ0) is 8.15. The van der Waals surface area contributed by atoms with Crippen LogP contribution in [0.2, 0.25) is 0 Å². The Labute approximate surface area is 65.9 Å². The molecule has 0 rings (SSSR count). The third-order valence-corrected chi connectivity index (χ3v) is 4.27. The molecule has 0 amide bonds. The van der Waals surface area contributed by atoms with E-state index in [1.54, 1.807) is 0 Å². The van der Waals surface area contributed by atoms with Gasteiger partial charge >= 0.3 is 0 Å². The highest BCUT2D eigenvalue weighted by Gasteiger charge is 2.11. The monoisotopic (exact) mass is 158 g/mol. The van der Waals surface area contributed by atoms with E-state index >= 15 is 0 Å². The quantitative estimate of drug-likeness (QED) is 0.550. The number of nitrogens with zero attached hydrogens (tertiary/aromatic N) is 2. The Morgan fingerprint density at radius 1 is 1.00 bits per heavy atom. The summed E-state index contributed by atoms with van der Waals surface area (Å²) in [5.41, 5.74) is 2.31. The molecule has 0 aromatic rings. The van der Waals surface area contributed by atoms with Crippen LogP contribution in [0.25, 0.3) is 0 Å². The molecule has 0 fully saturated rings. The smallest absolute Gasteiger partial charge is 0.214 e. The van der Waals surface area contributed by atoms with Crippen molar-refractivity contribution >= 4 is 9.12 Å². The molecule has 10 heavy (non-hydrogen) atoms. The maximum absolute atomic E-state index is 2.31. The van der Waals surface area contributed by atoms with Crippen molar-refractivity contribution in [1.29, 1.82) is 0 Å². The highest BCUT2D eigenvalue weighted by atomic mass is 28.3. The first kappa shape index (κ1) is 9.88. The van der Waals surface area contributed by atoms with Crippen LogP contribution in [-0.4, -0.2) is 46.4 Å². The number of hydrogen-bond donors (Lipinski definition) is 0. The fourth-order valence-corrected chi connectivity index (χ4v) is 2.93. The lowest BCUT2D eigenvalue weighted by Crippen LogP contribution is -2.44. The van der Waals surface area contributed by atoms with Crippen LogP contribution in [0, 0.1) is 0 Å². The molecule has 0 saturated carbocycles. The summed E-state index contributed by atoms with van der Waals surface area (Å²) in [6.45, 7) is 2.08. The van der Waals surface area contributed by atoms with Crippen LogP contribution in [-0.2, 0) is 0 Å². The molecule has 0 bridgehead atoms. The van der Waals surface area contributed by atoms with Gasteiger partial charge in [0.2, 0.25) is 9.12 Å². The van der Waals surface area contributed by atoms with E-state index in [0.717, 1.165) is 0 Å². The van der Waals surface area contributed by atoms with E-state index in [4.69, 9.17) is 0 Å². The van der Waals surface area contributed by atoms with Gasteiger partial charge in [0.15, 0.2) is 0 Å². The molecule has 0 atom stereocenters. The van der Waals surface area contributed by atoms with Crippen molar-refractivity contribution in [3.63, 3.8) is 0 Å². The third kappa shape index (κ3) is 3.15. The van der Waals surface area contributed by atoms with Gasteiger partial charge in [-0.05, 0) is 35.1 Å². The molecule has 0 heterocycles. The molecule has 0 aliphatic heterocycles. The predicted molar refractivity (Wildman–Crippen MR) is 49.3 cm³/mol. The summed E-state index contributed by atoms with van der Waals surface area (Å²) in [7, 11) is 7.65. The van der Waals surface area contributed by atoms with E-state index in [0.29, 0.717) is 0 Å². The molecule has 0 saturated heterocycles. The Bertz CT molecular complexity index is 102. The van der Waals surface area contributed by atoms with Crippen molar-refractivity contribution in [3.05, 3.63) is 11.8 Å². The molecule has 3 heteroatoms. The van der Waals surface area contributed by atoms with Gasteiger partial charge in [0, 0.05) is 0 Å². The van der Waals surface area contributed by atoms with Gasteiger partial charge in [-0.15, -0.1) is 0 Å². The average molecular weight is 158 g/mol. The van der Waals surface area contributed by atoms with Crippen LogP contribution in [0.5, 0.6) is 0 Å². The molecule has 60 valence electrons. The Hall–Kier alpha value is -0.123. The normalized spacial score (nSPS) is 12.8. The molecule has 0 aromatic carbocycles. The summed E-state index contributed by atoms with van der Waals surface area (Å²) in [5, 5.41) is 0. The van der Waals surface area contributed by atoms with Crippen LogP contribution in [0.4, 0.5) is 0 Å². The lowest BCUT2D eigenvalue weighted by atomic mass is 10.8. The predicted octanol–water partition coefficient (Wildman–Crippen LogP) is 0.445. The third-order valence-electron chi connectivity index (χ3n) is 1.42. The van der Waals surface area contributed by atoms with Gasteiger partial charge in [-0.3, -0.25) is 0 Å². The van der Waals surface area contributed by atoms with Gasteiger partial charge in [-0.2, -0.15) is 0 Å². The Morgan fingerprint density at radius 3 is 1.50 bits per heavy atom. The zero-order valence-electron chi connectivity index (χ0n) is 7.63. The second kappa shape index (κ2) is 4.66. The largest absolute Gasteiger partial charge is 0.317 e. The van der Waals surface area contributed by atoms with Crippen LogP contribution in [0.1, 0.15) is 6.92 Å². The average Bonchev–Trinajstić information content (AvgIpc) is 1.81. The number of hydrogen-bond acceptors (Lipinski definition) is 2. The minimum atomic E-state index is -0.894. The van der Waals surface area contributed by atoms with Crippen LogP contribution in [0.15, 0.2) is 11.8 Å². The molecule has 0 aliphatic carbocycles. The SMILES string of the molecule is CC=C[SiH](N(C)C)N(C)C. The summed E-state index contributed by atoms with van der Waals surface area (Å²) in [6.07, 6.45) is 2.14. The molecule has 0 aromatic heterocycles. The van der Waals surface area contributed by atoms with Crippen molar-refractivity contribution in [2.75, 3.05) is 28.2 Å². The number of rotatable bonds is 3. The van der Waals surface area contributed by atoms with Gasteiger partial charge in [-0.25, -0.2) is 0 Å². The maximum atomic E-state index is 2.31. The van der Waals surface area contributed by atoms with Crippen molar-refractivity contribution in [2.24, 2.45) is 0 Å². The Kier molecular flexibility index (Phi) is 4.60. The van der Waals surface area contributed by atoms with Crippen LogP contribution < -0.4 is 0 Å². The lowest BCUT2D eigenvalue weighted by Gasteiger charge is -2.25. The first-order valence-electron chi connectivity index (χ1n) is 3.55. The van der Waals surface area contributed by atoms with E-state index in [2.05, 4.69) is 56.0 Å². The van der Waals surface area contributed by atoms with Crippen LogP contribution >= 0.6 is 0 Å². The van der Waals surface area contributed by atoms with Gasteiger partial charge in [0.25, 0.3) is 0 Å². The maximum Gasteiger partial charge on any atom is 0.214 e. The van der Waals surface area contributed by atoms with E-state index in [1.165, 1.54) is 0 Å². The van der Waals surface area contributed by atoms with E-state index in [-0.39, 0.29) is 0 Å². The van der Waals surface area contributed by atoms with Crippen molar-refractivity contribution < 1.29 is 0 Å². The Morgan fingerprint density at radius 2 is 1.40 bits per heavy atom. The molecule has 0 N–H and O–H groups in total. The molecule has 0 radical (unpaired) electrons. The molecule has 2 nitrogen and oxygen atoms in total. The molecule has 0 spiro atoms. The van der Waals surface area contributed by atoms with E-state index in [1.807, 2.05) is 0 Å². The highest BCUT2D eigenvalue weighted by molar-refractivity contribution is 6.58. The summed E-state index contributed by atoms with van der Waals surface area (Å²) in [6, 6.07) is 0. The lowest BCUT2D eigenvalue weighted by molar-refractivity contribution is 0.530. The van der Waals surface area contributed by atoms with Crippen molar-refractivity contribution in [2.45, 2.75) is 6.92 Å². The Balaban J connectivity index is 3.98. The highest BCUT2D eigenvalue weighted by Crippen LogP contribution is 1.92.